The molecule has 0 bridgehead atoms. The molecule has 0 saturated carbocycles. The zero-order valence-electron chi connectivity index (χ0n) is 15.1. The third-order valence-corrected chi connectivity index (χ3v) is 4.16. The van der Waals surface area contributed by atoms with Crippen molar-refractivity contribution in [2.75, 3.05) is 10.6 Å². The summed E-state index contributed by atoms with van der Waals surface area (Å²) < 4.78 is 0. The van der Waals surface area contributed by atoms with E-state index in [1.165, 1.54) is 12.1 Å². The van der Waals surface area contributed by atoms with Gasteiger partial charge >= 0.3 is 0 Å². The highest BCUT2D eigenvalue weighted by Crippen LogP contribution is 2.23. The largest absolute Gasteiger partial charge is 0.508 e. The predicted molar refractivity (Wildman–Crippen MR) is 107 cm³/mol. The Morgan fingerprint density at radius 2 is 0.964 bits per heavy atom. The van der Waals surface area contributed by atoms with E-state index in [4.69, 9.17) is 0 Å². The first kappa shape index (κ1) is 19.0. The number of phenolic OH excluding ortho intramolecular Hbond substituents is 2. The molecule has 0 spiro atoms. The number of carbonyl (C=O) groups is 2. The van der Waals surface area contributed by atoms with Gasteiger partial charge in [-0.05, 0) is 24.3 Å². The van der Waals surface area contributed by atoms with Crippen molar-refractivity contribution in [2.24, 2.45) is 0 Å². The van der Waals surface area contributed by atoms with E-state index in [2.05, 4.69) is 10.6 Å². The molecule has 0 heterocycles. The lowest BCUT2D eigenvalue weighted by atomic mass is 10.1. The molecule has 0 fully saturated rings. The number of rotatable bonds is 6. The summed E-state index contributed by atoms with van der Waals surface area (Å²) >= 11 is 0. The molecule has 0 aliphatic rings. The fourth-order valence-electron chi connectivity index (χ4n) is 2.76. The van der Waals surface area contributed by atoms with Gasteiger partial charge < -0.3 is 20.8 Å². The van der Waals surface area contributed by atoms with Gasteiger partial charge in [0, 0.05) is 11.1 Å². The van der Waals surface area contributed by atoms with Gasteiger partial charge in [0.25, 0.3) is 0 Å². The van der Waals surface area contributed by atoms with Crippen molar-refractivity contribution >= 4 is 23.2 Å². The molecule has 6 heteroatoms. The van der Waals surface area contributed by atoms with Gasteiger partial charge in [-0.15, -0.1) is 0 Å². The maximum atomic E-state index is 12.3. The second kappa shape index (κ2) is 8.73. The van der Waals surface area contributed by atoms with Gasteiger partial charge in [0.2, 0.25) is 11.8 Å². The molecule has 3 rings (SSSR count). The standard InChI is InChI=1S/C22H20N2O4/c25-19-11-5-1-7-15(19)13-21(27)23-17-9-3-4-10-18(17)24-22(28)14-16-8-2-6-12-20(16)26/h1-12,25-26H,13-14H2,(H,23,27)(H,24,28). The minimum atomic E-state index is -0.316. The van der Waals surface area contributed by atoms with Crippen molar-refractivity contribution in [1.29, 1.82) is 0 Å². The van der Waals surface area contributed by atoms with E-state index in [9.17, 15) is 19.8 Å². The number of hydrogen-bond donors (Lipinski definition) is 4. The summed E-state index contributed by atoms with van der Waals surface area (Å²) in [5.74, 6) is -0.517. The molecule has 0 aromatic heterocycles. The molecule has 0 unspecified atom stereocenters. The molecule has 142 valence electrons. The summed E-state index contributed by atoms with van der Waals surface area (Å²) in [6.07, 6.45) is 0.0136. The van der Waals surface area contributed by atoms with E-state index < -0.39 is 0 Å². The van der Waals surface area contributed by atoms with Gasteiger partial charge in [0.15, 0.2) is 0 Å². The van der Waals surface area contributed by atoms with Crippen molar-refractivity contribution in [3.05, 3.63) is 83.9 Å². The molecule has 0 radical (unpaired) electrons. The van der Waals surface area contributed by atoms with Gasteiger partial charge in [-0.1, -0.05) is 48.5 Å². The summed E-state index contributed by atoms with van der Waals surface area (Å²) in [4.78, 5) is 24.7. The van der Waals surface area contributed by atoms with E-state index in [1.807, 2.05) is 0 Å². The fraction of sp³-hybridized carbons (Fsp3) is 0.0909. The Morgan fingerprint density at radius 1 is 0.607 bits per heavy atom. The second-order valence-corrected chi connectivity index (χ2v) is 6.25. The summed E-state index contributed by atoms with van der Waals surface area (Å²) in [5, 5.41) is 25.1. The number of carbonyl (C=O) groups excluding carboxylic acids is 2. The maximum absolute atomic E-state index is 12.3. The Morgan fingerprint density at radius 3 is 1.36 bits per heavy atom. The van der Waals surface area contributed by atoms with Crippen LogP contribution in [0.2, 0.25) is 0 Å². The topological polar surface area (TPSA) is 98.7 Å². The molecule has 0 aliphatic heterocycles. The summed E-state index contributed by atoms with van der Waals surface area (Å²) in [6, 6.07) is 20.1. The number of para-hydroxylation sites is 4. The van der Waals surface area contributed by atoms with Crippen LogP contribution in [0.1, 0.15) is 11.1 Å². The summed E-state index contributed by atoms with van der Waals surface area (Å²) in [6.45, 7) is 0. The average Bonchev–Trinajstić information content (AvgIpc) is 2.67. The Hall–Kier alpha value is -3.80. The highest BCUT2D eigenvalue weighted by molar-refractivity contribution is 6.00. The highest BCUT2D eigenvalue weighted by Gasteiger charge is 2.13. The van der Waals surface area contributed by atoms with Gasteiger partial charge in [0.1, 0.15) is 11.5 Å². The Kier molecular flexibility index (Phi) is 5.91. The fourth-order valence-corrected chi connectivity index (χ4v) is 2.76. The third kappa shape index (κ3) is 4.88. The highest BCUT2D eigenvalue weighted by atomic mass is 16.3. The number of aromatic hydroxyl groups is 2. The first-order valence-corrected chi connectivity index (χ1v) is 8.75. The molecule has 0 saturated heterocycles. The Balaban J connectivity index is 1.67. The van der Waals surface area contributed by atoms with E-state index in [-0.39, 0.29) is 36.2 Å². The van der Waals surface area contributed by atoms with Crippen molar-refractivity contribution in [1.82, 2.24) is 0 Å². The van der Waals surface area contributed by atoms with Crippen molar-refractivity contribution in [3.63, 3.8) is 0 Å². The van der Waals surface area contributed by atoms with Crippen LogP contribution in [0, 0.1) is 0 Å². The van der Waals surface area contributed by atoms with Crippen LogP contribution in [0.5, 0.6) is 11.5 Å². The molecular formula is C22H20N2O4. The molecule has 28 heavy (non-hydrogen) atoms. The minimum absolute atomic E-state index is 0.00679. The van der Waals surface area contributed by atoms with Crippen molar-refractivity contribution in [2.45, 2.75) is 12.8 Å². The van der Waals surface area contributed by atoms with Crippen molar-refractivity contribution in [3.8, 4) is 11.5 Å². The molecular weight excluding hydrogens is 356 g/mol. The predicted octanol–water partition coefficient (Wildman–Crippen LogP) is 3.46. The van der Waals surface area contributed by atoms with Crippen molar-refractivity contribution < 1.29 is 19.8 Å². The number of amides is 2. The maximum Gasteiger partial charge on any atom is 0.228 e. The number of nitrogens with one attached hydrogen (secondary N) is 2. The lowest BCUT2D eigenvalue weighted by Crippen LogP contribution is -2.19. The van der Waals surface area contributed by atoms with Crippen LogP contribution in [-0.4, -0.2) is 22.0 Å². The third-order valence-electron chi connectivity index (χ3n) is 4.16. The van der Waals surface area contributed by atoms with E-state index in [0.717, 1.165) is 0 Å². The lowest BCUT2D eigenvalue weighted by Gasteiger charge is -2.13. The SMILES string of the molecule is O=C(Cc1ccccc1O)Nc1ccccc1NC(=O)Cc1ccccc1O. The smallest absolute Gasteiger partial charge is 0.228 e. The lowest BCUT2D eigenvalue weighted by molar-refractivity contribution is -0.116. The molecule has 0 aliphatic carbocycles. The minimum Gasteiger partial charge on any atom is -0.508 e. The number of phenols is 2. The van der Waals surface area contributed by atoms with E-state index >= 15 is 0 Å². The van der Waals surface area contributed by atoms with Crippen LogP contribution in [0.4, 0.5) is 11.4 Å². The Bertz CT molecular complexity index is 921. The summed E-state index contributed by atoms with van der Waals surface area (Å²) in [7, 11) is 0. The van der Waals surface area contributed by atoms with E-state index in [0.29, 0.717) is 22.5 Å². The quantitative estimate of drug-likeness (QED) is 0.529. The van der Waals surface area contributed by atoms with Crippen LogP contribution < -0.4 is 10.6 Å². The molecule has 4 N–H and O–H groups in total. The number of benzene rings is 3. The first-order chi connectivity index (χ1) is 13.5. The van der Waals surface area contributed by atoms with Gasteiger partial charge in [-0.2, -0.15) is 0 Å². The zero-order chi connectivity index (χ0) is 19.9. The Labute approximate surface area is 162 Å². The first-order valence-electron chi connectivity index (χ1n) is 8.75. The van der Waals surface area contributed by atoms with Crippen LogP contribution in [0.3, 0.4) is 0 Å². The molecule has 3 aromatic carbocycles. The van der Waals surface area contributed by atoms with Crippen LogP contribution in [0.25, 0.3) is 0 Å². The normalized spacial score (nSPS) is 10.3. The molecule has 6 nitrogen and oxygen atoms in total. The van der Waals surface area contributed by atoms with Crippen LogP contribution >= 0.6 is 0 Å². The summed E-state index contributed by atoms with van der Waals surface area (Å²) in [5.41, 5.74) is 1.93. The zero-order valence-corrected chi connectivity index (χ0v) is 15.1. The molecule has 0 atom stereocenters. The number of hydrogen-bond acceptors (Lipinski definition) is 4. The molecule has 3 aromatic rings. The van der Waals surface area contributed by atoms with Gasteiger partial charge in [0.05, 0.1) is 24.2 Å². The van der Waals surface area contributed by atoms with Crippen LogP contribution in [-0.2, 0) is 22.4 Å². The van der Waals surface area contributed by atoms with Crippen LogP contribution in [0.15, 0.2) is 72.8 Å². The van der Waals surface area contributed by atoms with Gasteiger partial charge in [-0.3, -0.25) is 9.59 Å². The number of anilines is 2. The van der Waals surface area contributed by atoms with E-state index in [1.54, 1.807) is 60.7 Å². The monoisotopic (exact) mass is 376 g/mol. The second-order valence-electron chi connectivity index (χ2n) is 6.25. The van der Waals surface area contributed by atoms with Gasteiger partial charge in [-0.25, -0.2) is 0 Å². The average molecular weight is 376 g/mol. The molecule has 2 amide bonds.